The van der Waals surface area contributed by atoms with Crippen molar-refractivity contribution in [3.05, 3.63) is 82.1 Å². The van der Waals surface area contributed by atoms with Crippen molar-refractivity contribution in [2.24, 2.45) is 5.10 Å². The number of hydrogen-bond donors (Lipinski definition) is 0. The van der Waals surface area contributed by atoms with E-state index in [1.165, 1.54) is 5.01 Å². The molecule has 0 bridgehead atoms. The molecule has 0 saturated heterocycles. The van der Waals surface area contributed by atoms with Gasteiger partial charge in [-0.2, -0.15) is 10.1 Å². The molecule has 2 aromatic carbocycles. The summed E-state index contributed by atoms with van der Waals surface area (Å²) in [5.74, 6) is 1.12. The first-order valence-corrected chi connectivity index (χ1v) is 9.35. The number of anilines is 1. The Morgan fingerprint density at radius 1 is 1.00 bits per heavy atom. The van der Waals surface area contributed by atoms with Crippen LogP contribution in [0.15, 0.2) is 69.7 Å². The lowest BCUT2D eigenvalue weighted by Gasteiger charge is -2.11. The molecular weight excluding hydrogens is 372 g/mol. The van der Waals surface area contributed by atoms with Crippen LogP contribution in [0.5, 0.6) is 0 Å². The molecule has 1 aliphatic rings. The molecule has 0 atom stereocenters. The normalized spacial score (nSPS) is 15.4. The van der Waals surface area contributed by atoms with E-state index < -0.39 is 0 Å². The van der Waals surface area contributed by atoms with Crippen LogP contribution in [-0.2, 0) is 4.79 Å². The number of halogens is 1. The third-order valence-corrected chi connectivity index (χ3v) is 5.12. The Kier molecular flexibility index (Phi) is 4.65. The maximum absolute atomic E-state index is 12.8. The predicted molar refractivity (Wildman–Crippen MR) is 114 cm³/mol. The van der Waals surface area contributed by atoms with Crippen LogP contribution in [0.3, 0.4) is 0 Å². The van der Waals surface area contributed by atoms with Gasteiger partial charge in [0.1, 0.15) is 11.5 Å². The van der Waals surface area contributed by atoms with Gasteiger partial charge in [-0.3, -0.25) is 4.79 Å². The molecule has 4 rings (SSSR count). The van der Waals surface area contributed by atoms with Crippen LogP contribution in [0.2, 0.25) is 5.02 Å². The highest BCUT2D eigenvalue weighted by atomic mass is 35.5. The fourth-order valence-corrected chi connectivity index (χ4v) is 3.20. The molecule has 1 aliphatic heterocycles. The highest BCUT2D eigenvalue weighted by Crippen LogP contribution is 2.29. The van der Waals surface area contributed by atoms with E-state index in [0.717, 1.165) is 22.4 Å². The average molecular weight is 391 g/mol. The van der Waals surface area contributed by atoms with Gasteiger partial charge in [-0.05, 0) is 62.7 Å². The van der Waals surface area contributed by atoms with Gasteiger partial charge < -0.3 is 4.42 Å². The number of hydrogen-bond acceptors (Lipinski definition) is 3. The zero-order valence-electron chi connectivity index (χ0n) is 15.9. The minimum absolute atomic E-state index is 0.169. The second-order valence-corrected chi connectivity index (χ2v) is 7.27. The number of rotatable bonds is 3. The lowest BCUT2D eigenvalue weighted by molar-refractivity contribution is -0.114. The van der Waals surface area contributed by atoms with Crippen molar-refractivity contribution in [2.75, 3.05) is 5.01 Å². The van der Waals surface area contributed by atoms with Crippen LogP contribution in [0, 0.1) is 13.8 Å². The van der Waals surface area contributed by atoms with Crippen LogP contribution in [-0.4, -0.2) is 11.6 Å². The van der Waals surface area contributed by atoms with E-state index in [2.05, 4.69) is 5.10 Å². The van der Waals surface area contributed by atoms with E-state index >= 15 is 0 Å². The highest BCUT2D eigenvalue weighted by molar-refractivity contribution is 6.32. The van der Waals surface area contributed by atoms with E-state index in [-0.39, 0.29) is 5.91 Å². The third-order valence-electron chi connectivity index (χ3n) is 4.71. The number of aryl methyl sites for hydroxylation is 2. The van der Waals surface area contributed by atoms with Crippen molar-refractivity contribution < 1.29 is 9.21 Å². The van der Waals surface area contributed by atoms with Crippen molar-refractivity contribution >= 4 is 35.0 Å². The Morgan fingerprint density at radius 3 is 2.46 bits per heavy atom. The number of carbonyl (C=O) groups is 1. The molecule has 2 heterocycles. The van der Waals surface area contributed by atoms with Gasteiger partial charge in [0, 0.05) is 10.6 Å². The quantitative estimate of drug-likeness (QED) is 0.513. The summed E-state index contributed by atoms with van der Waals surface area (Å²) < 4.78 is 5.92. The fraction of sp³-hybridized carbons (Fsp3) is 0.130. The summed E-state index contributed by atoms with van der Waals surface area (Å²) in [4.78, 5) is 12.8. The number of benzene rings is 2. The summed E-state index contributed by atoms with van der Waals surface area (Å²) in [5.41, 5.74) is 4.95. The molecule has 0 spiro atoms. The first-order valence-electron chi connectivity index (χ1n) is 8.97. The first-order chi connectivity index (χ1) is 13.4. The van der Waals surface area contributed by atoms with Gasteiger partial charge in [-0.1, -0.05) is 41.4 Å². The highest BCUT2D eigenvalue weighted by Gasteiger charge is 2.29. The van der Waals surface area contributed by atoms with E-state index in [1.54, 1.807) is 6.08 Å². The zero-order valence-corrected chi connectivity index (χ0v) is 16.6. The van der Waals surface area contributed by atoms with Crippen molar-refractivity contribution in [3.63, 3.8) is 0 Å². The monoisotopic (exact) mass is 390 g/mol. The Balaban J connectivity index is 1.62. The smallest absolute Gasteiger partial charge is 0.280 e. The Labute approximate surface area is 168 Å². The van der Waals surface area contributed by atoms with Crippen LogP contribution in [0.1, 0.15) is 23.8 Å². The molecule has 28 heavy (non-hydrogen) atoms. The molecule has 0 N–H and O–H groups in total. The number of carbonyl (C=O) groups excluding carboxylic acids is 1. The van der Waals surface area contributed by atoms with Gasteiger partial charge >= 0.3 is 0 Å². The molecule has 0 aliphatic carbocycles. The summed E-state index contributed by atoms with van der Waals surface area (Å²) in [7, 11) is 0. The second-order valence-electron chi connectivity index (χ2n) is 6.86. The number of furan rings is 1. The number of amides is 1. The maximum Gasteiger partial charge on any atom is 0.280 e. The molecule has 0 fully saturated rings. The molecule has 140 valence electrons. The summed E-state index contributed by atoms with van der Waals surface area (Å²) in [6.07, 6.45) is 1.73. The molecular formula is C23H19ClN2O2. The van der Waals surface area contributed by atoms with Crippen LogP contribution in [0.25, 0.3) is 17.4 Å². The maximum atomic E-state index is 12.8. The van der Waals surface area contributed by atoms with Crippen molar-refractivity contribution in [2.45, 2.75) is 20.8 Å². The lowest BCUT2D eigenvalue weighted by Crippen LogP contribution is -2.21. The van der Waals surface area contributed by atoms with E-state index in [0.29, 0.717) is 27.8 Å². The van der Waals surface area contributed by atoms with E-state index in [9.17, 15) is 4.79 Å². The molecule has 0 unspecified atom stereocenters. The summed E-state index contributed by atoms with van der Waals surface area (Å²) in [6, 6.07) is 17.2. The Bertz CT molecular complexity index is 1120. The Morgan fingerprint density at radius 2 is 1.75 bits per heavy atom. The molecule has 3 aromatic rings. The molecule has 5 heteroatoms. The Hall–Kier alpha value is -3.11. The summed E-state index contributed by atoms with van der Waals surface area (Å²) in [6.45, 7) is 5.78. The minimum Gasteiger partial charge on any atom is -0.457 e. The van der Waals surface area contributed by atoms with Gasteiger partial charge in [-0.15, -0.1) is 0 Å². The SMILES string of the molecule is CC1=NN(c2ccc(C)cc2)C(=O)C1=Cc1ccc(-c2ccc(C)c(Cl)c2)o1. The molecule has 1 amide bonds. The van der Waals surface area contributed by atoms with Crippen molar-refractivity contribution in [1.82, 2.24) is 0 Å². The van der Waals surface area contributed by atoms with Crippen molar-refractivity contribution in [3.8, 4) is 11.3 Å². The van der Waals surface area contributed by atoms with Gasteiger partial charge in [-0.25, -0.2) is 0 Å². The van der Waals surface area contributed by atoms with E-state index in [1.807, 2.05) is 75.4 Å². The van der Waals surface area contributed by atoms with Gasteiger partial charge in [0.2, 0.25) is 0 Å². The molecule has 4 nitrogen and oxygen atoms in total. The average Bonchev–Trinajstić information content (AvgIpc) is 3.25. The second kappa shape index (κ2) is 7.13. The lowest BCUT2D eigenvalue weighted by atomic mass is 10.1. The largest absolute Gasteiger partial charge is 0.457 e. The predicted octanol–water partition coefficient (Wildman–Crippen LogP) is 6.02. The molecule has 1 aromatic heterocycles. The fourth-order valence-electron chi connectivity index (χ4n) is 3.02. The number of nitrogens with zero attached hydrogens (tertiary/aromatic N) is 2. The first kappa shape index (κ1) is 18.3. The van der Waals surface area contributed by atoms with Crippen molar-refractivity contribution in [1.29, 1.82) is 0 Å². The van der Waals surface area contributed by atoms with Gasteiger partial charge in [0.25, 0.3) is 5.91 Å². The van der Waals surface area contributed by atoms with Gasteiger partial charge in [0.05, 0.1) is 17.0 Å². The standard InChI is InChI=1S/C23H19ClN2O2/c1-14-4-8-18(9-5-14)26-23(27)20(16(3)25-26)13-19-10-11-22(28-19)17-7-6-15(2)21(24)12-17/h4-13H,1-3H3. The number of hydrazone groups is 1. The zero-order chi connectivity index (χ0) is 19.8. The van der Waals surface area contributed by atoms with Crippen LogP contribution < -0.4 is 5.01 Å². The topological polar surface area (TPSA) is 45.8 Å². The van der Waals surface area contributed by atoms with Crippen LogP contribution >= 0.6 is 11.6 Å². The molecule has 0 radical (unpaired) electrons. The van der Waals surface area contributed by atoms with Crippen LogP contribution in [0.4, 0.5) is 5.69 Å². The molecule has 0 saturated carbocycles. The van der Waals surface area contributed by atoms with E-state index in [4.69, 9.17) is 16.0 Å². The van der Waals surface area contributed by atoms with Gasteiger partial charge in [0.15, 0.2) is 0 Å². The minimum atomic E-state index is -0.169. The summed E-state index contributed by atoms with van der Waals surface area (Å²) in [5, 5.41) is 6.52. The third kappa shape index (κ3) is 3.39. The summed E-state index contributed by atoms with van der Waals surface area (Å²) >= 11 is 6.21.